The number of hydrogen-bond donors (Lipinski definition) is 1. The van der Waals surface area contributed by atoms with Crippen molar-refractivity contribution in [1.29, 1.82) is 0 Å². The summed E-state index contributed by atoms with van der Waals surface area (Å²) in [6.07, 6.45) is 5.11. The molecule has 0 saturated carbocycles. The Morgan fingerprint density at radius 2 is 1.93 bits per heavy atom. The minimum atomic E-state index is -0.323. The van der Waals surface area contributed by atoms with Crippen LogP contribution in [0.3, 0.4) is 0 Å². The largest absolute Gasteiger partial charge is 0.350 e. The first-order valence-corrected chi connectivity index (χ1v) is 9.87. The van der Waals surface area contributed by atoms with Crippen LogP contribution in [0.5, 0.6) is 0 Å². The number of carbonyl (C=O) groups is 2. The second-order valence-corrected chi connectivity index (χ2v) is 8.72. The highest BCUT2D eigenvalue weighted by Crippen LogP contribution is 2.23. The highest BCUT2D eigenvalue weighted by Gasteiger charge is 2.17. The predicted molar refractivity (Wildman–Crippen MR) is 116 cm³/mol. The summed E-state index contributed by atoms with van der Waals surface area (Å²) in [6, 6.07) is 4.28. The van der Waals surface area contributed by atoms with Crippen LogP contribution in [0.2, 0.25) is 0 Å². The molecule has 0 saturated heterocycles. The molecule has 2 aromatic heterocycles. The van der Waals surface area contributed by atoms with E-state index in [2.05, 4.69) is 28.8 Å². The highest BCUT2D eigenvalue weighted by atomic mass is 16.2. The first-order valence-electron chi connectivity index (χ1n) is 9.87. The molecule has 0 aliphatic carbocycles. The van der Waals surface area contributed by atoms with Gasteiger partial charge in [-0.25, -0.2) is 4.68 Å². The zero-order chi connectivity index (χ0) is 21.9. The van der Waals surface area contributed by atoms with E-state index in [-0.39, 0.29) is 29.9 Å². The second-order valence-electron chi connectivity index (χ2n) is 8.72. The summed E-state index contributed by atoms with van der Waals surface area (Å²) in [4.78, 5) is 25.9. The highest BCUT2D eigenvalue weighted by molar-refractivity contribution is 5.94. The third-order valence-electron chi connectivity index (χ3n) is 4.51. The van der Waals surface area contributed by atoms with Crippen LogP contribution in [0.1, 0.15) is 57.6 Å². The molecule has 1 N–H and O–H groups in total. The average Bonchev–Trinajstić information content (AvgIpc) is 3.15. The fourth-order valence-corrected chi connectivity index (χ4v) is 3.23. The fourth-order valence-electron chi connectivity index (χ4n) is 3.23. The SMILES string of the molecule is Cc1cc(/C=C/C(=O)N(C)CC(=O)NC(C)(C)C)c(C)n1-c1ccnn1C(C)C. The molecule has 29 heavy (non-hydrogen) atoms. The minimum Gasteiger partial charge on any atom is -0.350 e. The van der Waals surface area contributed by atoms with Crippen molar-refractivity contribution in [3.63, 3.8) is 0 Å². The van der Waals surface area contributed by atoms with Crippen LogP contribution in [-0.4, -0.2) is 50.2 Å². The van der Waals surface area contributed by atoms with Gasteiger partial charge in [0.05, 0.1) is 12.7 Å². The van der Waals surface area contributed by atoms with Crippen molar-refractivity contribution in [3.05, 3.63) is 41.4 Å². The van der Waals surface area contributed by atoms with E-state index in [0.717, 1.165) is 22.8 Å². The fraction of sp³-hybridized carbons (Fsp3) is 0.500. The van der Waals surface area contributed by atoms with Gasteiger partial charge in [-0.3, -0.25) is 9.59 Å². The first-order chi connectivity index (χ1) is 13.4. The van der Waals surface area contributed by atoms with Crippen LogP contribution in [-0.2, 0) is 9.59 Å². The molecule has 2 rings (SSSR count). The van der Waals surface area contributed by atoms with Crippen molar-refractivity contribution >= 4 is 17.9 Å². The number of carbonyl (C=O) groups excluding carboxylic acids is 2. The van der Waals surface area contributed by atoms with Crippen LogP contribution < -0.4 is 5.32 Å². The van der Waals surface area contributed by atoms with Crippen molar-refractivity contribution in [2.75, 3.05) is 13.6 Å². The summed E-state index contributed by atoms with van der Waals surface area (Å²) >= 11 is 0. The topological polar surface area (TPSA) is 72.2 Å². The maximum absolute atomic E-state index is 12.4. The smallest absolute Gasteiger partial charge is 0.246 e. The van der Waals surface area contributed by atoms with Gasteiger partial charge in [0.25, 0.3) is 0 Å². The molecule has 0 fully saturated rings. The Morgan fingerprint density at radius 3 is 2.52 bits per heavy atom. The molecule has 0 unspecified atom stereocenters. The predicted octanol–water partition coefficient (Wildman–Crippen LogP) is 3.26. The Balaban J connectivity index is 2.16. The van der Waals surface area contributed by atoms with Gasteiger partial charge in [-0.05, 0) is 66.2 Å². The normalized spacial score (nSPS) is 12.0. The second kappa shape index (κ2) is 8.68. The van der Waals surface area contributed by atoms with E-state index >= 15 is 0 Å². The Morgan fingerprint density at radius 1 is 1.28 bits per heavy atom. The Labute approximate surface area is 173 Å². The molecule has 0 spiro atoms. The number of amides is 2. The molecule has 0 aliphatic heterocycles. The number of nitrogens with zero attached hydrogens (tertiary/aromatic N) is 4. The summed E-state index contributed by atoms with van der Waals surface area (Å²) in [5.74, 6) is 0.602. The maximum Gasteiger partial charge on any atom is 0.246 e. The molecule has 0 aromatic carbocycles. The lowest BCUT2D eigenvalue weighted by atomic mass is 10.1. The van der Waals surface area contributed by atoms with Gasteiger partial charge in [0.2, 0.25) is 11.8 Å². The number of rotatable bonds is 6. The van der Waals surface area contributed by atoms with Crippen LogP contribution in [0.4, 0.5) is 0 Å². The number of likely N-dealkylation sites (N-methyl/N-ethyl adjacent to an activating group) is 1. The van der Waals surface area contributed by atoms with E-state index in [9.17, 15) is 9.59 Å². The molecule has 2 heterocycles. The summed E-state index contributed by atoms with van der Waals surface area (Å²) in [6.45, 7) is 14.0. The molecule has 158 valence electrons. The zero-order valence-electron chi connectivity index (χ0n) is 18.8. The van der Waals surface area contributed by atoms with Crippen molar-refractivity contribution in [3.8, 4) is 5.82 Å². The minimum absolute atomic E-state index is 0.0209. The summed E-state index contributed by atoms with van der Waals surface area (Å²) < 4.78 is 4.11. The van der Waals surface area contributed by atoms with Crippen LogP contribution in [0.15, 0.2) is 24.4 Å². The number of hydrogen-bond acceptors (Lipinski definition) is 3. The number of aryl methyl sites for hydroxylation is 1. The van der Waals surface area contributed by atoms with E-state index in [4.69, 9.17) is 0 Å². The van der Waals surface area contributed by atoms with E-state index in [1.165, 1.54) is 11.0 Å². The summed E-state index contributed by atoms with van der Waals surface area (Å²) in [5.41, 5.74) is 2.73. The molecule has 0 atom stereocenters. The number of aromatic nitrogens is 3. The molecular weight excluding hydrogens is 366 g/mol. The van der Waals surface area contributed by atoms with Gasteiger partial charge in [-0.1, -0.05) is 0 Å². The van der Waals surface area contributed by atoms with Gasteiger partial charge in [-0.2, -0.15) is 5.10 Å². The molecule has 0 radical (unpaired) electrons. The molecule has 7 nitrogen and oxygen atoms in total. The van der Waals surface area contributed by atoms with Gasteiger partial charge >= 0.3 is 0 Å². The van der Waals surface area contributed by atoms with Gasteiger partial charge in [0.15, 0.2) is 0 Å². The molecule has 0 bridgehead atoms. The van der Waals surface area contributed by atoms with Gasteiger partial charge in [0, 0.05) is 42.2 Å². The third kappa shape index (κ3) is 5.59. The monoisotopic (exact) mass is 399 g/mol. The van der Waals surface area contributed by atoms with Crippen LogP contribution in [0.25, 0.3) is 11.9 Å². The van der Waals surface area contributed by atoms with Crippen LogP contribution >= 0.6 is 0 Å². The number of nitrogens with one attached hydrogen (secondary N) is 1. The third-order valence-corrected chi connectivity index (χ3v) is 4.51. The maximum atomic E-state index is 12.4. The van der Waals surface area contributed by atoms with Gasteiger partial charge in [-0.15, -0.1) is 0 Å². The average molecular weight is 400 g/mol. The van der Waals surface area contributed by atoms with Crippen molar-refractivity contribution in [2.45, 2.75) is 60.0 Å². The van der Waals surface area contributed by atoms with E-state index in [0.29, 0.717) is 0 Å². The molecule has 0 aliphatic rings. The lowest BCUT2D eigenvalue weighted by molar-refractivity contribution is -0.131. The Kier molecular flexibility index (Phi) is 6.72. The van der Waals surface area contributed by atoms with E-state index in [1.807, 2.05) is 51.4 Å². The van der Waals surface area contributed by atoms with Crippen LogP contribution in [0, 0.1) is 13.8 Å². The van der Waals surface area contributed by atoms with Crippen molar-refractivity contribution in [2.24, 2.45) is 0 Å². The Hall–Kier alpha value is -2.83. The Bertz CT molecular complexity index is 912. The van der Waals surface area contributed by atoms with Gasteiger partial charge in [0.1, 0.15) is 5.82 Å². The lowest BCUT2D eigenvalue weighted by Crippen LogP contribution is -2.46. The zero-order valence-corrected chi connectivity index (χ0v) is 18.8. The molecular formula is C22H33N5O2. The lowest BCUT2D eigenvalue weighted by Gasteiger charge is -2.22. The first kappa shape index (κ1) is 22.5. The van der Waals surface area contributed by atoms with Crippen molar-refractivity contribution < 1.29 is 9.59 Å². The van der Waals surface area contributed by atoms with Crippen molar-refractivity contribution in [1.82, 2.24) is 24.6 Å². The van der Waals surface area contributed by atoms with E-state index < -0.39 is 0 Å². The van der Waals surface area contributed by atoms with Gasteiger partial charge < -0.3 is 14.8 Å². The summed E-state index contributed by atoms with van der Waals surface area (Å²) in [7, 11) is 1.62. The standard InChI is InChI=1S/C22H33N5O2/c1-15(2)27-20(11-12-23-27)26-16(3)13-18(17(26)4)9-10-21(29)25(8)14-19(28)24-22(5,6)7/h9-13,15H,14H2,1-8H3,(H,24,28)/b10-9+. The molecule has 2 aromatic rings. The molecule has 2 amide bonds. The van der Waals surface area contributed by atoms with E-state index in [1.54, 1.807) is 19.3 Å². The summed E-state index contributed by atoms with van der Waals surface area (Å²) in [5, 5.41) is 7.27. The molecule has 7 heteroatoms. The quantitative estimate of drug-likeness (QED) is 0.758.